The van der Waals surface area contributed by atoms with Gasteiger partial charge < -0.3 is 5.32 Å². The summed E-state index contributed by atoms with van der Waals surface area (Å²) in [6.07, 6.45) is 2.62. The highest BCUT2D eigenvalue weighted by atomic mass is 35.5. The lowest BCUT2D eigenvalue weighted by molar-refractivity contribution is 0.103. The van der Waals surface area contributed by atoms with E-state index in [1.165, 1.54) is 10.7 Å². The molecule has 0 aliphatic carbocycles. The SMILES string of the molecule is O=C(Nc1cccc(Cl)c1)c1cn2ncc(=O)nc2s1. The molecule has 8 heteroatoms. The first-order valence-electron chi connectivity index (χ1n) is 5.54. The number of aromatic nitrogens is 3. The lowest BCUT2D eigenvalue weighted by Gasteiger charge is -2.02. The molecule has 20 heavy (non-hydrogen) atoms. The van der Waals surface area contributed by atoms with Crippen molar-refractivity contribution in [3.8, 4) is 0 Å². The normalized spacial score (nSPS) is 10.7. The second-order valence-electron chi connectivity index (χ2n) is 3.88. The summed E-state index contributed by atoms with van der Waals surface area (Å²) in [5, 5.41) is 7.11. The Morgan fingerprint density at radius 2 is 2.25 bits per heavy atom. The molecule has 6 nitrogen and oxygen atoms in total. The lowest BCUT2D eigenvalue weighted by atomic mass is 10.3. The minimum Gasteiger partial charge on any atom is -0.321 e. The van der Waals surface area contributed by atoms with Crippen molar-refractivity contribution in [1.29, 1.82) is 0 Å². The van der Waals surface area contributed by atoms with Crippen LogP contribution in [-0.2, 0) is 0 Å². The van der Waals surface area contributed by atoms with Crippen molar-refractivity contribution < 1.29 is 4.79 Å². The van der Waals surface area contributed by atoms with Crippen LogP contribution in [-0.4, -0.2) is 20.5 Å². The Labute approximate surface area is 121 Å². The average Bonchev–Trinajstić information content (AvgIpc) is 2.81. The lowest BCUT2D eigenvalue weighted by Crippen LogP contribution is -2.10. The van der Waals surface area contributed by atoms with E-state index in [0.717, 1.165) is 17.5 Å². The Kier molecular flexibility index (Phi) is 3.21. The predicted octanol–water partition coefficient (Wildman–Crippen LogP) is 2.06. The van der Waals surface area contributed by atoms with Crippen LogP contribution in [0.1, 0.15) is 9.67 Å². The molecule has 0 aliphatic rings. The summed E-state index contributed by atoms with van der Waals surface area (Å²) in [6.45, 7) is 0. The molecule has 2 heterocycles. The van der Waals surface area contributed by atoms with Crippen molar-refractivity contribution in [2.24, 2.45) is 0 Å². The van der Waals surface area contributed by atoms with Gasteiger partial charge in [-0.25, -0.2) is 4.52 Å². The highest BCUT2D eigenvalue weighted by Crippen LogP contribution is 2.18. The molecule has 0 unspecified atom stereocenters. The fraction of sp³-hybridized carbons (Fsp3) is 0. The van der Waals surface area contributed by atoms with E-state index in [9.17, 15) is 9.59 Å². The molecular formula is C12H7ClN4O2S. The van der Waals surface area contributed by atoms with Crippen LogP contribution in [0.4, 0.5) is 5.69 Å². The molecule has 0 saturated heterocycles. The van der Waals surface area contributed by atoms with Gasteiger partial charge in [-0.15, -0.1) is 0 Å². The van der Waals surface area contributed by atoms with E-state index in [1.54, 1.807) is 24.3 Å². The number of benzene rings is 1. The summed E-state index contributed by atoms with van der Waals surface area (Å²) in [4.78, 5) is 27.7. The third kappa shape index (κ3) is 2.54. The van der Waals surface area contributed by atoms with Gasteiger partial charge >= 0.3 is 0 Å². The molecule has 1 amide bonds. The van der Waals surface area contributed by atoms with Crippen LogP contribution in [0.2, 0.25) is 5.02 Å². The van der Waals surface area contributed by atoms with Gasteiger partial charge in [-0.1, -0.05) is 29.0 Å². The molecule has 1 N–H and O–H groups in total. The van der Waals surface area contributed by atoms with Gasteiger partial charge in [0.25, 0.3) is 11.5 Å². The molecule has 0 saturated carbocycles. The monoisotopic (exact) mass is 306 g/mol. The molecule has 0 spiro atoms. The van der Waals surface area contributed by atoms with Gasteiger partial charge in [-0.2, -0.15) is 10.1 Å². The van der Waals surface area contributed by atoms with Crippen molar-refractivity contribution in [2.45, 2.75) is 0 Å². The summed E-state index contributed by atoms with van der Waals surface area (Å²) in [7, 11) is 0. The number of carbonyl (C=O) groups excluding carboxylic acids is 1. The molecule has 0 aliphatic heterocycles. The summed E-state index contributed by atoms with van der Waals surface area (Å²) < 4.78 is 1.39. The number of rotatable bonds is 2. The smallest absolute Gasteiger partial charge is 0.292 e. The Balaban J connectivity index is 1.90. The number of halogens is 1. The number of amides is 1. The molecule has 0 fully saturated rings. The third-order valence-corrected chi connectivity index (χ3v) is 3.65. The second kappa shape index (κ2) is 5.03. The largest absolute Gasteiger partial charge is 0.321 e. The topological polar surface area (TPSA) is 76.4 Å². The number of hydrogen-bond acceptors (Lipinski definition) is 5. The number of hydrogen-bond donors (Lipinski definition) is 1. The van der Waals surface area contributed by atoms with Gasteiger partial charge in [-0.05, 0) is 18.2 Å². The first kappa shape index (κ1) is 12.8. The molecule has 0 atom stereocenters. The van der Waals surface area contributed by atoms with Crippen molar-refractivity contribution >= 4 is 39.5 Å². The second-order valence-corrected chi connectivity index (χ2v) is 5.33. The van der Waals surface area contributed by atoms with E-state index in [0.29, 0.717) is 20.5 Å². The number of thiazole rings is 1. The van der Waals surface area contributed by atoms with Crippen LogP contribution in [0, 0.1) is 0 Å². The minimum absolute atomic E-state index is 0.308. The fourth-order valence-electron chi connectivity index (χ4n) is 1.59. The summed E-state index contributed by atoms with van der Waals surface area (Å²) >= 11 is 6.94. The molecule has 0 radical (unpaired) electrons. The van der Waals surface area contributed by atoms with Gasteiger partial charge in [-0.3, -0.25) is 9.59 Å². The van der Waals surface area contributed by atoms with Crippen LogP contribution in [0.25, 0.3) is 4.96 Å². The Bertz CT molecular complexity index is 858. The van der Waals surface area contributed by atoms with Gasteiger partial charge in [0.05, 0.1) is 6.20 Å². The summed E-state index contributed by atoms with van der Waals surface area (Å²) in [6, 6.07) is 6.84. The highest BCUT2D eigenvalue weighted by molar-refractivity contribution is 7.18. The van der Waals surface area contributed by atoms with E-state index < -0.39 is 5.56 Å². The van der Waals surface area contributed by atoms with E-state index in [-0.39, 0.29) is 5.91 Å². The van der Waals surface area contributed by atoms with Crippen LogP contribution < -0.4 is 10.9 Å². The zero-order chi connectivity index (χ0) is 14.1. The number of nitrogens with zero attached hydrogens (tertiary/aromatic N) is 3. The van der Waals surface area contributed by atoms with Crippen LogP contribution in [0.15, 0.2) is 41.5 Å². The zero-order valence-corrected chi connectivity index (χ0v) is 11.5. The quantitative estimate of drug-likeness (QED) is 0.786. The molecule has 3 aromatic rings. The predicted molar refractivity (Wildman–Crippen MR) is 76.5 cm³/mol. The van der Waals surface area contributed by atoms with Crippen LogP contribution in [0.5, 0.6) is 0 Å². The summed E-state index contributed by atoms with van der Waals surface area (Å²) in [5.74, 6) is -0.308. The van der Waals surface area contributed by atoms with E-state index >= 15 is 0 Å². The Morgan fingerprint density at radius 3 is 3.05 bits per heavy atom. The Morgan fingerprint density at radius 1 is 1.40 bits per heavy atom. The zero-order valence-electron chi connectivity index (χ0n) is 9.91. The van der Waals surface area contributed by atoms with Crippen molar-refractivity contribution in [2.75, 3.05) is 5.32 Å². The maximum atomic E-state index is 12.1. The van der Waals surface area contributed by atoms with E-state index in [2.05, 4.69) is 15.4 Å². The fourth-order valence-corrected chi connectivity index (χ4v) is 2.61. The maximum Gasteiger partial charge on any atom is 0.292 e. The van der Waals surface area contributed by atoms with Crippen molar-refractivity contribution in [1.82, 2.24) is 14.6 Å². The number of nitrogens with one attached hydrogen (secondary N) is 1. The molecular weight excluding hydrogens is 300 g/mol. The average molecular weight is 307 g/mol. The van der Waals surface area contributed by atoms with Gasteiger partial charge in [0.2, 0.25) is 4.96 Å². The van der Waals surface area contributed by atoms with Crippen molar-refractivity contribution in [3.05, 3.63) is 56.9 Å². The first-order valence-corrected chi connectivity index (χ1v) is 6.74. The molecule has 3 rings (SSSR count). The number of fused-ring (bicyclic) bond motifs is 1. The number of carbonyl (C=O) groups is 1. The number of anilines is 1. The molecule has 100 valence electrons. The van der Waals surface area contributed by atoms with Gasteiger partial charge in [0.1, 0.15) is 11.1 Å². The van der Waals surface area contributed by atoms with Crippen molar-refractivity contribution in [3.63, 3.8) is 0 Å². The first-order chi connectivity index (χ1) is 9.61. The molecule has 2 aromatic heterocycles. The Hall–Kier alpha value is -2.25. The van der Waals surface area contributed by atoms with Gasteiger partial charge in [0, 0.05) is 10.7 Å². The third-order valence-electron chi connectivity index (χ3n) is 2.44. The summed E-state index contributed by atoms with van der Waals surface area (Å²) in [5.41, 5.74) is 0.157. The molecule has 1 aromatic carbocycles. The minimum atomic E-state index is -0.436. The van der Waals surface area contributed by atoms with E-state index in [1.807, 2.05) is 0 Å². The van der Waals surface area contributed by atoms with Gasteiger partial charge in [0.15, 0.2) is 0 Å². The standard InChI is InChI=1S/C12H7ClN4O2S/c13-7-2-1-3-8(4-7)15-11(19)9-6-17-12(20-9)16-10(18)5-14-17/h1-6H,(H,15,19). The van der Waals surface area contributed by atoms with Crippen LogP contribution >= 0.6 is 22.9 Å². The molecule has 0 bridgehead atoms. The van der Waals surface area contributed by atoms with Crippen LogP contribution in [0.3, 0.4) is 0 Å². The highest BCUT2D eigenvalue weighted by Gasteiger charge is 2.12. The van der Waals surface area contributed by atoms with E-state index in [4.69, 9.17) is 11.6 Å². The maximum absolute atomic E-state index is 12.1.